The van der Waals surface area contributed by atoms with Crippen LogP contribution < -0.4 is 5.73 Å². The van der Waals surface area contributed by atoms with E-state index in [1.54, 1.807) is 0 Å². The van der Waals surface area contributed by atoms with Crippen molar-refractivity contribution in [1.82, 2.24) is 4.90 Å². The van der Waals surface area contributed by atoms with E-state index >= 15 is 0 Å². The highest BCUT2D eigenvalue weighted by Crippen LogP contribution is 2.36. The molecule has 3 atom stereocenters. The lowest BCUT2D eigenvalue weighted by Crippen LogP contribution is -2.43. The van der Waals surface area contributed by atoms with Gasteiger partial charge >= 0.3 is 6.09 Å². The van der Waals surface area contributed by atoms with Crippen LogP contribution in [0, 0.1) is 5.92 Å². The second-order valence-corrected chi connectivity index (χ2v) is 3.48. The van der Waals surface area contributed by atoms with Crippen LogP contribution in [-0.4, -0.2) is 34.7 Å². The van der Waals surface area contributed by atoms with Crippen LogP contribution in [0.3, 0.4) is 0 Å². The molecule has 4 heteroatoms. The van der Waals surface area contributed by atoms with Gasteiger partial charge in [-0.3, -0.25) is 0 Å². The molecule has 1 amide bonds. The molecule has 0 aromatic carbocycles. The number of likely N-dealkylation sites (tertiary alicyclic amines) is 1. The summed E-state index contributed by atoms with van der Waals surface area (Å²) < 4.78 is 0. The summed E-state index contributed by atoms with van der Waals surface area (Å²) in [5.74, 6) is 0.427. The van der Waals surface area contributed by atoms with Crippen molar-refractivity contribution in [2.45, 2.75) is 24.9 Å². The number of hydrogen-bond acceptors (Lipinski definition) is 2. The fourth-order valence-corrected chi connectivity index (χ4v) is 2.23. The standard InChI is InChI=1S/C7H12N2O2/c8-6-2-5-1-4(6)3-9(5)7(10)11/h4-6H,1-3,8H2,(H,10,11)/t4-,5-,6-/m1/s1. The molecule has 1 saturated heterocycles. The van der Waals surface area contributed by atoms with Crippen molar-refractivity contribution in [3.8, 4) is 0 Å². The fraction of sp³-hybridized carbons (Fsp3) is 0.857. The minimum absolute atomic E-state index is 0.215. The quantitative estimate of drug-likeness (QED) is 0.522. The molecule has 11 heavy (non-hydrogen) atoms. The number of fused-ring (bicyclic) bond motifs is 2. The Balaban J connectivity index is 2.08. The number of nitrogens with two attached hydrogens (primary N) is 1. The molecule has 3 N–H and O–H groups in total. The van der Waals surface area contributed by atoms with E-state index in [0.29, 0.717) is 12.5 Å². The second-order valence-electron chi connectivity index (χ2n) is 3.48. The van der Waals surface area contributed by atoms with E-state index in [1.807, 2.05) is 0 Å². The van der Waals surface area contributed by atoms with E-state index in [1.165, 1.54) is 4.90 Å². The summed E-state index contributed by atoms with van der Waals surface area (Å²) in [6, 6.07) is 0.461. The number of nitrogens with zero attached hydrogens (tertiary/aromatic N) is 1. The second kappa shape index (κ2) is 2.11. The molecule has 0 radical (unpaired) electrons. The average molecular weight is 156 g/mol. The van der Waals surface area contributed by atoms with E-state index in [2.05, 4.69) is 0 Å². The molecule has 62 valence electrons. The van der Waals surface area contributed by atoms with Crippen LogP contribution in [0.4, 0.5) is 4.79 Å². The smallest absolute Gasteiger partial charge is 0.407 e. The maximum atomic E-state index is 10.6. The van der Waals surface area contributed by atoms with Crippen LogP contribution in [-0.2, 0) is 0 Å². The Hall–Kier alpha value is -0.770. The fourth-order valence-electron chi connectivity index (χ4n) is 2.23. The van der Waals surface area contributed by atoms with Gasteiger partial charge < -0.3 is 15.7 Å². The molecular weight excluding hydrogens is 144 g/mol. The van der Waals surface area contributed by atoms with Gasteiger partial charge in [0.15, 0.2) is 0 Å². The zero-order valence-corrected chi connectivity index (χ0v) is 6.23. The number of amides is 1. The average Bonchev–Trinajstić information content (AvgIpc) is 2.43. The summed E-state index contributed by atoms with van der Waals surface area (Å²) in [5.41, 5.74) is 5.76. The molecule has 2 aliphatic rings. The number of carboxylic acid groups (broad SMARTS) is 1. The maximum absolute atomic E-state index is 10.6. The molecule has 0 aromatic heterocycles. The lowest BCUT2D eigenvalue weighted by atomic mass is 10.0. The third-order valence-electron chi connectivity index (χ3n) is 2.84. The lowest BCUT2D eigenvalue weighted by Gasteiger charge is -2.27. The summed E-state index contributed by atoms with van der Waals surface area (Å²) in [7, 11) is 0. The third-order valence-corrected chi connectivity index (χ3v) is 2.84. The van der Waals surface area contributed by atoms with Gasteiger partial charge in [-0.25, -0.2) is 4.79 Å². The van der Waals surface area contributed by atoms with Crippen LogP contribution in [0.15, 0.2) is 0 Å². The van der Waals surface area contributed by atoms with E-state index in [9.17, 15) is 4.79 Å². The third kappa shape index (κ3) is 0.894. The summed E-state index contributed by atoms with van der Waals surface area (Å²) in [4.78, 5) is 12.1. The normalized spacial score (nSPS) is 41.5. The molecule has 2 fully saturated rings. The van der Waals surface area contributed by atoms with Crippen LogP contribution in [0.5, 0.6) is 0 Å². The first-order chi connectivity index (χ1) is 5.18. The molecule has 2 bridgehead atoms. The molecule has 2 rings (SSSR count). The number of rotatable bonds is 0. The predicted molar refractivity (Wildman–Crippen MR) is 39.2 cm³/mol. The van der Waals surface area contributed by atoms with E-state index in [0.717, 1.165) is 12.8 Å². The Morgan fingerprint density at radius 1 is 1.55 bits per heavy atom. The lowest BCUT2D eigenvalue weighted by molar-refractivity contribution is 0.127. The molecule has 1 heterocycles. The molecule has 1 saturated carbocycles. The molecule has 4 nitrogen and oxygen atoms in total. The van der Waals surface area contributed by atoms with Gasteiger partial charge in [0.2, 0.25) is 0 Å². The highest BCUT2D eigenvalue weighted by atomic mass is 16.4. The van der Waals surface area contributed by atoms with Crippen molar-refractivity contribution in [1.29, 1.82) is 0 Å². The highest BCUT2D eigenvalue weighted by molar-refractivity contribution is 5.66. The first kappa shape index (κ1) is 6.91. The number of piperidine rings is 1. The SMILES string of the molecule is N[C@@H]1C[C@H]2C[C@@H]1CN2C(=O)O. The minimum atomic E-state index is -0.788. The Kier molecular flexibility index (Phi) is 1.32. The van der Waals surface area contributed by atoms with Crippen LogP contribution in [0.1, 0.15) is 12.8 Å². The topological polar surface area (TPSA) is 66.6 Å². The van der Waals surface area contributed by atoms with Crippen molar-refractivity contribution in [2.24, 2.45) is 11.7 Å². The monoisotopic (exact) mass is 156 g/mol. The largest absolute Gasteiger partial charge is 0.465 e. The van der Waals surface area contributed by atoms with E-state index < -0.39 is 6.09 Å². The van der Waals surface area contributed by atoms with Gasteiger partial charge in [-0.2, -0.15) is 0 Å². The molecular formula is C7H12N2O2. The van der Waals surface area contributed by atoms with Gasteiger partial charge in [0.05, 0.1) is 0 Å². The van der Waals surface area contributed by atoms with E-state index in [-0.39, 0.29) is 12.1 Å². The van der Waals surface area contributed by atoms with Crippen molar-refractivity contribution in [3.05, 3.63) is 0 Å². The predicted octanol–water partition coefficient (Wildman–Crippen LogP) is 0.0859. The summed E-state index contributed by atoms with van der Waals surface area (Å²) >= 11 is 0. The Morgan fingerprint density at radius 2 is 2.27 bits per heavy atom. The molecule has 0 spiro atoms. The molecule has 0 aromatic rings. The number of hydrogen-bond donors (Lipinski definition) is 2. The van der Waals surface area contributed by atoms with Gasteiger partial charge in [-0.05, 0) is 18.8 Å². The zero-order valence-electron chi connectivity index (χ0n) is 6.23. The Labute approximate surface area is 65.0 Å². The molecule has 1 aliphatic heterocycles. The van der Waals surface area contributed by atoms with Gasteiger partial charge in [-0.15, -0.1) is 0 Å². The molecule has 0 unspecified atom stereocenters. The van der Waals surface area contributed by atoms with Gasteiger partial charge in [0, 0.05) is 18.6 Å². The Bertz CT molecular complexity index is 193. The van der Waals surface area contributed by atoms with Crippen LogP contribution in [0.2, 0.25) is 0 Å². The van der Waals surface area contributed by atoms with Gasteiger partial charge in [0.25, 0.3) is 0 Å². The van der Waals surface area contributed by atoms with Crippen LogP contribution in [0.25, 0.3) is 0 Å². The summed E-state index contributed by atoms with van der Waals surface area (Å²) in [5, 5.41) is 8.71. The van der Waals surface area contributed by atoms with Crippen molar-refractivity contribution in [3.63, 3.8) is 0 Å². The summed E-state index contributed by atoms with van der Waals surface area (Å²) in [6.07, 6.45) is 1.05. The minimum Gasteiger partial charge on any atom is -0.465 e. The van der Waals surface area contributed by atoms with Crippen LogP contribution >= 0.6 is 0 Å². The van der Waals surface area contributed by atoms with Gasteiger partial charge in [-0.1, -0.05) is 0 Å². The summed E-state index contributed by atoms with van der Waals surface area (Å²) in [6.45, 7) is 0.654. The first-order valence-corrected chi connectivity index (χ1v) is 3.93. The highest BCUT2D eigenvalue weighted by Gasteiger charge is 2.44. The number of carbonyl (C=O) groups is 1. The van der Waals surface area contributed by atoms with E-state index in [4.69, 9.17) is 10.8 Å². The maximum Gasteiger partial charge on any atom is 0.407 e. The van der Waals surface area contributed by atoms with Crippen molar-refractivity contribution < 1.29 is 9.90 Å². The Morgan fingerprint density at radius 3 is 2.64 bits per heavy atom. The van der Waals surface area contributed by atoms with Crippen molar-refractivity contribution in [2.75, 3.05) is 6.54 Å². The first-order valence-electron chi connectivity index (χ1n) is 3.93. The molecule has 1 aliphatic carbocycles. The van der Waals surface area contributed by atoms with Crippen molar-refractivity contribution >= 4 is 6.09 Å². The van der Waals surface area contributed by atoms with Gasteiger partial charge in [0.1, 0.15) is 0 Å². The zero-order chi connectivity index (χ0) is 8.01.